The zero-order chi connectivity index (χ0) is 18.4. The molecule has 7 nitrogen and oxygen atoms in total. The van der Waals surface area contributed by atoms with Crippen LogP contribution in [0.4, 0.5) is 4.79 Å². The minimum atomic E-state index is -0.0694. The van der Waals surface area contributed by atoms with Crippen LogP contribution in [0.5, 0.6) is 0 Å². The summed E-state index contributed by atoms with van der Waals surface area (Å²) < 4.78 is 7.29. The van der Waals surface area contributed by atoms with E-state index in [1.807, 2.05) is 38.2 Å². The normalized spacial score (nSPS) is 14.8. The van der Waals surface area contributed by atoms with Gasteiger partial charge in [-0.15, -0.1) is 0 Å². The number of nitrogens with zero attached hydrogens (tertiary/aromatic N) is 4. The summed E-state index contributed by atoms with van der Waals surface area (Å²) in [6.45, 7) is 4.23. The van der Waals surface area contributed by atoms with E-state index < -0.39 is 0 Å². The van der Waals surface area contributed by atoms with Crippen LogP contribution in [0.25, 0.3) is 5.69 Å². The van der Waals surface area contributed by atoms with Gasteiger partial charge < -0.3 is 15.0 Å². The standard InChI is InChI=1S/C19H27N5O2/c1-15(17-6-8-18(9-7-17)24-14-20-13-22-24)23(2)19(25)21-10-3-11-26-12-16-4-5-16/h6-9,13-16H,3-5,10-12H2,1-2H3,(H,21,25). The van der Waals surface area contributed by atoms with Gasteiger partial charge in [0.2, 0.25) is 0 Å². The van der Waals surface area contributed by atoms with E-state index in [1.54, 1.807) is 15.9 Å². The number of hydrogen-bond acceptors (Lipinski definition) is 4. The van der Waals surface area contributed by atoms with Gasteiger partial charge >= 0.3 is 6.03 Å². The predicted octanol–water partition coefficient (Wildman–Crippen LogP) is 2.79. The maximum atomic E-state index is 12.3. The molecule has 0 saturated heterocycles. The molecule has 2 aromatic rings. The lowest BCUT2D eigenvalue weighted by molar-refractivity contribution is 0.121. The molecule has 1 aliphatic carbocycles. The molecule has 0 bridgehead atoms. The van der Waals surface area contributed by atoms with E-state index >= 15 is 0 Å². The minimum absolute atomic E-state index is 0.0223. The average molecular weight is 357 g/mol. The first-order chi connectivity index (χ1) is 12.6. The molecule has 1 aliphatic rings. The van der Waals surface area contributed by atoms with Gasteiger partial charge in [-0.25, -0.2) is 14.5 Å². The van der Waals surface area contributed by atoms with Crippen LogP contribution in [0.1, 0.15) is 37.8 Å². The summed E-state index contributed by atoms with van der Waals surface area (Å²) >= 11 is 0. The highest BCUT2D eigenvalue weighted by Gasteiger charge is 2.21. The number of aromatic nitrogens is 3. The Morgan fingerprint density at radius 1 is 1.38 bits per heavy atom. The Labute approximate surface area is 154 Å². The number of ether oxygens (including phenoxy) is 1. The third-order valence-corrected chi connectivity index (χ3v) is 4.75. The molecule has 0 aliphatic heterocycles. The zero-order valence-electron chi connectivity index (χ0n) is 15.5. The Kier molecular flexibility index (Phi) is 6.22. The Morgan fingerprint density at radius 3 is 2.81 bits per heavy atom. The van der Waals surface area contributed by atoms with E-state index in [4.69, 9.17) is 4.74 Å². The molecule has 0 spiro atoms. The molecule has 1 N–H and O–H groups in total. The number of rotatable bonds is 9. The molecular formula is C19H27N5O2. The largest absolute Gasteiger partial charge is 0.381 e. The van der Waals surface area contributed by atoms with Crippen molar-refractivity contribution in [1.82, 2.24) is 25.0 Å². The molecule has 1 unspecified atom stereocenters. The van der Waals surface area contributed by atoms with Crippen molar-refractivity contribution in [2.45, 2.75) is 32.2 Å². The SMILES string of the molecule is CC(c1ccc(-n2cncn2)cc1)N(C)C(=O)NCCCOCC1CC1. The van der Waals surface area contributed by atoms with Gasteiger partial charge in [-0.2, -0.15) is 5.10 Å². The van der Waals surface area contributed by atoms with Gasteiger partial charge in [0.05, 0.1) is 11.7 Å². The number of urea groups is 1. The maximum absolute atomic E-state index is 12.3. The molecule has 140 valence electrons. The molecule has 26 heavy (non-hydrogen) atoms. The average Bonchev–Trinajstić information content (AvgIpc) is 3.33. The van der Waals surface area contributed by atoms with Crippen molar-refractivity contribution in [1.29, 1.82) is 0 Å². The lowest BCUT2D eigenvalue weighted by atomic mass is 10.1. The smallest absolute Gasteiger partial charge is 0.317 e. The number of hydrogen-bond donors (Lipinski definition) is 1. The summed E-state index contributed by atoms with van der Waals surface area (Å²) in [6.07, 6.45) is 6.61. The van der Waals surface area contributed by atoms with Gasteiger partial charge in [-0.3, -0.25) is 0 Å². The van der Waals surface area contributed by atoms with Crippen LogP contribution in [0.2, 0.25) is 0 Å². The van der Waals surface area contributed by atoms with Crippen molar-refractivity contribution in [3.8, 4) is 5.69 Å². The van der Waals surface area contributed by atoms with Gasteiger partial charge in [0.1, 0.15) is 12.7 Å². The second kappa shape index (κ2) is 8.80. The maximum Gasteiger partial charge on any atom is 0.317 e. The van der Waals surface area contributed by atoms with Crippen molar-refractivity contribution in [2.24, 2.45) is 5.92 Å². The summed E-state index contributed by atoms with van der Waals surface area (Å²) in [5.74, 6) is 0.785. The highest BCUT2D eigenvalue weighted by molar-refractivity contribution is 5.74. The van der Waals surface area contributed by atoms with E-state index in [0.29, 0.717) is 13.2 Å². The van der Waals surface area contributed by atoms with E-state index in [1.165, 1.54) is 19.2 Å². The highest BCUT2D eigenvalue weighted by atomic mass is 16.5. The first kappa shape index (κ1) is 18.4. The molecule has 1 heterocycles. The lowest BCUT2D eigenvalue weighted by Crippen LogP contribution is -2.39. The van der Waals surface area contributed by atoms with Crippen LogP contribution in [0.15, 0.2) is 36.9 Å². The second-order valence-electron chi connectivity index (χ2n) is 6.82. The molecule has 3 rings (SSSR count). The molecule has 0 radical (unpaired) electrons. The fourth-order valence-corrected chi connectivity index (χ4v) is 2.68. The fraction of sp³-hybridized carbons (Fsp3) is 0.526. The zero-order valence-corrected chi connectivity index (χ0v) is 15.5. The summed E-state index contributed by atoms with van der Waals surface area (Å²) in [7, 11) is 1.81. The van der Waals surface area contributed by atoms with Crippen molar-refractivity contribution in [2.75, 3.05) is 26.8 Å². The third-order valence-electron chi connectivity index (χ3n) is 4.75. The third kappa shape index (κ3) is 5.05. The Bertz CT molecular complexity index is 682. The summed E-state index contributed by atoms with van der Waals surface area (Å²) in [5.41, 5.74) is 2.01. The molecule has 2 amide bonds. The van der Waals surface area contributed by atoms with Gasteiger partial charge in [-0.1, -0.05) is 12.1 Å². The van der Waals surface area contributed by atoms with Crippen molar-refractivity contribution >= 4 is 6.03 Å². The molecule has 1 aromatic heterocycles. The van der Waals surface area contributed by atoms with Crippen molar-refractivity contribution in [3.63, 3.8) is 0 Å². The number of amides is 2. The molecule has 1 fully saturated rings. The molecular weight excluding hydrogens is 330 g/mol. The quantitative estimate of drug-likeness (QED) is 0.701. The van der Waals surface area contributed by atoms with E-state index in [-0.39, 0.29) is 12.1 Å². The number of carbonyl (C=O) groups excluding carboxylic acids is 1. The van der Waals surface area contributed by atoms with Crippen molar-refractivity contribution < 1.29 is 9.53 Å². The lowest BCUT2D eigenvalue weighted by Gasteiger charge is -2.25. The molecule has 1 aromatic carbocycles. The van der Waals surface area contributed by atoms with Gasteiger partial charge in [0, 0.05) is 26.8 Å². The Balaban J connectivity index is 1.42. The topological polar surface area (TPSA) is 72.3 Å². The van der Waals surface area contributed by atoms with Crippen LogP contribution in [-0.2, 0) is 4.74 Å². The fourth-order valence-electron chi connectivity index (χ4n) is 2.68. The molecule has 1 atom stereocenters. The van der Waals surface area contributed by atoms with Crippen molar-refractivity contribution in [3.05, 3.63) is 42.5 Å². The van der Waals surface area contributed by atoms with Crippen LogP contribution in [-0.4, -0.2) is 52.5 Å². The van der Waals surface area contributed by atoms with E-state index in [2.05, 4.69) is 15.4 Å². The number of nitrogens with one attached hydrogen (secondary N) is 1. The summed E-state index contributed by atoms with van der Waals surface area (Å²) in [5, 5.41) is 7.07. The Hall–Kier alpha value is -2.41. The minimum Gasteiger partial charge on any atom is -0.381 e. The number of benzene rings is 1. The van der Waals surface area contributed by atoms with Crippen LogP contribution < -0.4 is 5.32 Å². The predicted molar refractivity (Wildman–Crippen MR) is 99.1 cm³/mol. The monoisotopic (exact) mass is 357 g/mol. The number of carbonyl (C=O) groups is 1. The summed E-state index contributed by atoms with van der Waals surface area (Å²) in [4.78, 5) is 18.0. The summed E-state index contributed by atoms with van der Waals surface area (Å²) in [6, 6.07) is 7.88. The first-order valence-electron chi connectivity index (χ1n) is 9.18. The molecule has 7 heteroatoms. The van der Waals surface area contributed by atoms with Gasteiger partial charge in [0.15, 0.2) is 0 Å². The second-order valence-corrected chi connectivity index (χ2v) is 6.82. The van der Waals surface area contributed by atoms with E-state index in [0.717, 1.165) is 30.2 Å². The van der Waals surface area contributed by atoms with Crippen LogP contribution in [0.3, 0.4) is 0 Å². The van der Waals surface area contributed by atoms with Crippen LogP contribution in [0, 0.1) is 5.92 Å². The first-order valence-corrected chi connectivity index (χ1v) is 9.18. The molecule has 1 saturated carbocycles. The van der Waals surface area contributed by atoms with E-state index in [9.17, 15) is 4.79 Å². The highest BCUT2D eigenvalue weighted by Crippen LogP contribution is 2.28. The van der Waals surface area contributed by atoms with Gasteiger partial charge in [0.25, 0.3) is 0 Å². The van der Waals surface area contributed by atoms with Crippen LogP contribution >= 0.6 is 0 Å². The van der Waals surface area contributed by atoms with Gasteiger partial charge in [-0.05, 0) is 49.8 Å². The Morgan fingerprint density at radius 2 is 2.15 bits per heavy atom.